The van der Waals surface area contributed by atoms with Crippen molar-refractivity contribution < 1.29 is 14.2 Å². The second-order valence-electron chi connectivity index (χ2n) is 5.65. The molecule has 5 heteroatoms. The molecule has 122 valence electrons. The summed E-state index contributed by atoms with van der Waals surface area (Å²) in [5, 5.41) is 5.05. The molecule has 0 aromatic carbocycles. The predicted molar refractivity (Wildman–Crippen MR) is 86.4 cm³/mol. The van der Waals surface area contributed by atoms with Crippen molar-refractivity contribution in [3.8, 4) is 0 Å². The van der Waals surface area contributed by atoms with Gasteiger partial charge in [0.2, 0.25) is 6.54 Å². The number of urea groups is 1. The first kappa shape index (κ1) is 18.1. The number of carbonyl (C=O) groups excluding carboxylic acids is 2. The molecule has 22 heavy (non-hydrogen) atoms. The van der Waals surface area contributed by atoms with Crippen molar-refractivity contribution in [3.63, 3.8) is 0 Å². The first-order valence-corrected chi connectivity index (χ1v) is 8.09. The van der Waals surface area contributed by atoms with Crippen molar-refractivity contribution >= 4 is 11.9 Å². The van der Waals surface area contributed by atoms with Crippen LogP contribution in [0.5, 0.6) is 0 Å². The third kappa shape index (κ3) is 5.84. The number of carbonyl (C=O) groups is 2. The third-order valence-electron chi connectivity index (χ3n) is 3.94. The second kappa shape index (κ2) is 9.18. The van der Waals surface area contributed by atoms with Gasteiger partial charge < -0.3 is 5.32 Å². The molecule has 1 aromatic rings. The summed E-state index contributed by atoms with van der Waals surface area (Å²) in [6.45, 7) is 8.37. The van der Waals surface area contributed by atoms with Gasteiger partial charge in [0.25, 0.3) is 5.91 Å². The van der Waals surface area contributed by atoms with Crippen molar-refractivity contribution in [3.05, 3.63) is 30.1 Å². The Labute approximate surface area is 133 Å². The van der Waals surface area contributed by atoms with E-state index in [0.29, 0.717) is 5.92 Å². The molecule has 1 atom stereocenters. The minimum atomic E-state index is -0.436. The van der Waals surface area contributed by atoms with E-state index in [1.807, 2.05) is 38.4 Å². The third-order valence-corrected chi connectivity index (χ3v) is 3.94. The van der Waals surface area contributed by atoms with Gasteiger partial charge in [-0.3, -0.25) is 10.1 Å². The second-order valence-corrected chi connectivity index (χ2v) is 5.65. The van der Waals surface area contributed by atoms with Crippen molar-refractivity contribution in [1.82, 2.24) is 10.6 Å². The van der Waals surface area contributed by atoms with Gasteiger partial charge in [-0.2, -0.15) is 4.57 Å². The molecule has 0 bridgehead atoms. The lowest BCUT2D eigenvalue weighted by atomic mass is 9.95. The van der Waals surface area contributed by atoms with Crippen molar-refractivity contribution in [2.75, 3.05) is 0 Å². The molecule has 0 aliphatic rings. The van der Waals surface area contributed by atoms with Crippen LogP contribution in [0.2, 0.25) is 0 Å². The Bertz CT molecular complexity index is 481. The van der Waals surface area contributed by atoms with Gasteiger partial charge in [-0.25, -0.2) is 4.79 Å². The number of nitrogens with zero attached hydrogens (tertiary/aromatic N) is 1. The smallest absolute Gasteiger partial charge is 0.321 e. The maximum atomic E-state index is 11.8. The van der Waals surface area contributed by atoms with Crippen LogP contribution in [0.3, 0.4) is 0 Å². The Hall–Kier alpha value is -1.91. The van der Waals surface area contributed by atoms with E-state index < -0.39 is 6.03 Å². The standard InChI is InChI=1S/C17H27N3O2/c1-5-13(4)18-17(22)19-16(21)12-20-10-8-15(9-11-20)14(6-2)7-3/h8-11,13-14H,5-7,12H2,1-4H3,(H-,18,19,21,22)/p+1/t13-/m1/s1. The van der Waals surface area contributed by atoms with E-state index in [2.05, 4.69) is 24.5 Å². The molecule has 0 radical (unpaired) electrons. The zero-order chi connectivity index (χ0) is 16.5. The molecule has 1 heterocycles. The fraction of sp³-hybridized carbons (Fsp3) is 0.588. The molecular weight excluding hydrogens is 278 g/mol. The predicted octanol–water partition coefficient (Wildman–Crippen LogP) is 2.50. The molecule has 0 aliphatic carbocycles. The zero-order valence-corrected chi connectivity index (χ0v) is 14.1. The van der Waals surface area contributed by atoms with Gasteiger partial charge in [0.15, 0.2) is 12.4 Å². The summed E-state index contributed by atoms with van der Waals surface area (Å²) in [6.07, 6.45) is 6.82. The van der Waals surface area contributed by atoms with Crippen LogP contribution in [-0.4, -0.2) is 18.0 Å². The van der Waals surface area contributed by atoms with E-state index in [1.165, 1.54) is 5.56 Å². The lowest BCUT2D eigenvalue weighted by molar-refractivity contribution is -0.684. The molecule has 3 amide bonds. The van der Waals surface area contributed by atoms with Gasteiger partial charge in [-0.05, 0) is 37.7 Å². The molecule has 1 aromatic heterocycles. The largest absolute Gasteiger partial charge is 0.335 e. The van der Waals surface area contributed by atoms with E-state index in [0.717, 1.165) is 19.3 Å². The van der Waals surface area contributed by atoms with E-state index in [9.17, 15) is 9.59 Å². The monoisotopic (exact) mass is 306 g/mol. The number of amides is 3. The number of imide groups is 1. The average Bonchev–Trinajstić information content (AvgIpc) is 2.49. The van der Waals surface area contributed by atoms with Crippen LogP contribution in [-0.2, 0) is 11.3 Å². The van der Waals surface area contributed by atoms with Crippen LogP contribution in [0.4, 0.5) is 4.79 Å². The summed E-state index contributed by atoms with van der Waals surface area (Å²) in [7, 11) is 0. The number of pyridine rings is 1. The Morgan fingerprint density at radius 3 is 2.18 bits per heavy atom. The summed E-state index contributed by atoms with van der Waals surface area (Å²) in [5.74, 6) is 0.242. The quantitative estimate of drug-likeness (QED) is 0.760. The molecule has 0 fully saturated rings. The number of rotatable bonds is 7. The Kier molecular flexibility index (Phi) is 7.57. The molecule has 0 aliphatic heterocycles. The first-order chi connectivity index (χ1) is 10.5. The highest BCUT2D eigenvalue weighted by atomic mass is 16.2. The Balaban J connectivity index is 2.53. The summed E-state index contributed by atoms with van der Waals surface area (Å²) in [5.41, 5.74) is 1.29. The topological polar surface area (TPSA) is 62.1 Å². The molecule has 0 unspecified atom stereocenters. The van der Waals surface area contributed by atoms with Crippen LogP contribution < -0.4 is 15.2 Å². The fourth-order valence-corrected chi connectivity index (χ4v) is 2.30. The highest BCUT2D eigenvalue weighted by Crippen LogP contribution is 2.21. The molecule has 1 rings (SSSR count). The van der Waals surface area contributed by atoms with Crippen molar-refractivity contribution in [2.45, 2.75) is 65.5 Å². The van der Waals surface area contributed by atoms with E-state index in [-0.39, 0.29) is 18.5 Å². The van der Waals surface area contributed by atoms with Gasteiger partial charge in [0, 0.05) is 18.2 Å². The van der Waals surface area contributed by atoms with Crippen LogP contribution in [0.15, 0.2) is 24.5 Å². The number of hydrogen-bond donors (Lipinski definition) is 2. The van der Waals surface area contributed by atoms with Crippen LogP contribution in [0.25, 0.3) is 0 Å². The van der Waals surface area contributed by atoms with Crippen molar-refractivity contribution in [2.24, 2.45) is 0 Å². The van der Waals surface area contributed by atoms with E-state index >= 15 is 0 Å². The van der Waals surface area contributed by atoms with Gasteiger partial charge >= 0.3 is 6.03 Å². The highest BCUT2D eigenvalue weighted by molar-refractivity contribution is 5.93. The Morgan fingerprint density at radius 2 is 1.68 bits per heavy atom. The molecular formula is C17H28N3O2+. The van der Waals surface area contributed by atoms with E-state index in [1.54, 1.807) is 4.57 Å². The average molecular weight is 306 g/mol. The molecule has 5 nitrogen and oxygen atoms in total. The Morgan fingerprint density at radius 1 is 1.09 bits per heavy atom. The van der Waals surface area contributed by atoms with Gasteiger partial charge in [0.1, 0.15) is 0 Å². The number of nitrogens with one attached hydrogen (secondary N) is 2. The van der Waals surface area contributed by atoms with E-state index in [4.69, 9.17) is 0 Å². The SMILES string of the molecule is CCC(CC)c1cc[n+](CC(=O)NC(=O)N[C@H](C)CC)cc1. The summed E-state index contributed by atoms with van der Waals surface area (Å²) >= 11 is 0. The fourth-order valence-electron chi connectivity index (χ4n) is 2.30. The highest BCUT2D eigenvalue weighted by Gasteiger charge is 2.15. The first-order valence-electron chi connectivity index (χ1n) is 8.09. The summed E-state index contributed by atoms with van der Waals surface area (Å²) < 4.78 is 1.78. The molecule has 0 spiro atoms. The van der Waals surface area contributed by atoms with Gasteiger partial charge in [-0.15, -0.1) is 0 Å². The molecule has 0 saturated carbocycles. The molecule has 0 saturated heterocycles. The van der Waals surface area contributed by atoms with Crippen LogP contribution >= 0.6 is 0 Å². The van der Waals surface area contributed by atoms with Crippen LogP contribution in [0, 0.1) is 0 Å². The number of aromatic nitrogens is 1. The van der Waals surface area contributed by atoms with Crippen LogP contribution in [0.1, 0.15) is 58.4 Å². The van der Waals surface area contributed by atoms with Crippen molar-refractivity contribution in [1.29, 1.82) is 0 Å². The summed E-state index contributed by atoms with van der Waals surface area (Å²) in [4.78, 5) is 23.4. The summed E-state index contributed by atoms with van der Waals surface area (Å²) in [6, 6.07) is 3.71. The normalized spacial score (nSPS) is 12.0. The maximum absolute atomic E-state index is 11.8. The lowest BCUT2D eigenvalue weighted by Crippen LogP contribution is -2.48. The number of hydrogen-bond acceptors (Lipinski definition) is 2. The minimum absolute atomic E-state index is 0.0553. The molecule has 2 N–H and O–H groups in total. The zero-order valence-electron chi connectivity index (χ0n) is 14.1. The maximum Gasteiger partial charge on any atom is 0.321 e. The van der Waals surface area contributed by atoms with Gasteiger partial charge in [0.05, 0.1) is 0 Å². The lowest BCUT2D eigenvalue weighted by Gasteiger charge is -2.12. The minimum Gasteiger partial charge on any atom is -0.335 e. The van der Waals surface area contributed by atoms with Gasteiger partial charge in [-0.1, -0.05) is 20.8 Å².